The van der Waals surface area contributed by atoms with E-state index in [2.05, 4.69) is 0 Å². The molecule has 1 fully saturated rings. The van der Waals surface area contributed by atoms with E-state index in [9.17, 15) is 10.2 Å². The standard InChI is InChI=1S/C7H14O4/c1-4-5(8)7(2,9)6(10-3)11-4/h4-6,8-9H,1-3H3/t4-,5-,6-,7-/m1/s1. The first-order valence-electron chi connectivity index (χ1n) is 3.59. The maximum absolute atomic E-state index is 9.59. The normalized spacial score (nSPS) is 51.5. The molecule has 4 heteroatoms. The molecule has 0 unspecified atom stereocenters. The van der Waals surface area contributed by atoms with Crippen molar-refractivity contribution in [2.75, 3.05) is 7.11 Å². The predicted octanol–water partition coefficient (Wildman–Crippen LogP) is -0.510. The zero-order valence-corrected chi connectivity index (χ0v) is 6.94. The maximum Gasteiger partial charge on any atom is 0.188 e. The SMILES string of the molecule is CO[C@@H]1O[C@H](C)[C@@H](O)[C@@]1(C)O. The molecule has 0 spiro atoms. The van der Waals surface area contributed by atoms with Gasteiger partial charge in [-0.2, -0.15) is 0 Å². The van der Waals surface area contributed by atoms with Gasteiger partial charge in [0.2, 0.25) is 0 Å². The molecule has 0 aromatic carbocycles. The molecule has 1 heterocycles. The predicted molar refractivity (Wildman–Crippen MR) is 38.0 cm³/mol. The van der Waals surface area contributed by atoms with Crippen LogP contribution in [0.2, 0.25) is 0 Å². The van der Waals surface area contributed by atoms with E-state index in [-0.39, 0.29) is 6.10 Å². The van der Waals surface area contributed by atoms with Crippen molar-refractivity contribution < 1.29 is 19.7 Å². The lowest BCUT2D eigenvalue weighted by Crippen LogP contribution is -2.45. The van der Waals surface area contributed by atoms with E-state index >= 15 is 0 Å². The number of hydrogen-bond donors (Lipinski definition) is 2. The van der Waals surface area contributed by atoms with Crippen LogP contribution in [-0.4, -0.2) is 41.4 Å². The highest BCUT2D eigenvalue weighted by atomic mass is 16.7. The minimum absolute atomic E-state index is 0.380. The fourth-order valence-corrected chi connectivity index (χ4v) is 1.32. The molecule has 2 N–H and O–H groups in total. The summed E-state index contributed by atoms with van der Waals surface area (Å²) in [5.74, 6) is 0. The highest BCUT2D eigenvalue weighted by Crippen LogP contribution is 2.30. The van der Waals surface area contributed by atoms with Crippen molar-refractivity contribution in [3.8, 4) is 0 Å². The van der Waals surface area contributed by atoms with Crippen molar-refractivity contribution in [1.82, 2.24) is 0 Å². The van der Waals surface area contributed by atoms with Gasteiger partial charge in [0.05, 0.1) is 6.10 Å². The second-order valence-corrected chi connectivity index (χ2v) is 3.08. The van der Waals surface area contributed by atoms with Crippen LogP contribution >= 0.6 is 0 Å². The van der Waals surface area contributed by atoms with E-state index in [1.54, 1.807) is 6.92 Å². The van der Waals surface area contributed by atoms with E-state index < -0.39 is 18.0 Å². The molecule has 4 atom stereocenters. The topological polar surface area (TPSA) is 58.9 Å². The van der Waals surface area contributed by atoms with Gasteiger partial charge in [0, 0.05) is 7.11 Å². The third-order valence-electron chi connectivity index (χ3n) is 2.07. The fraction of sp³-hybridized carbons (Fsp3) is 1.00. The Balaban J connectivity index is 2.74. The molecule has 0 aromatic heterocycles. The van der Waals surface area contributed by atoms with Gasteiger partial charge in [-0.05, 0) is 13.8 Å². The fourth-order valence-electron chi connectivity index (χ4n) is 1.32. The van der Waals surface area contributed by atoms with Gasteiger partial charge < -0.3 is 19.7 Å². The first kappa shape index (κ1) is 8.93. The highest BCUT2D eigenvalue weighted by Gasteiger charge is 2.50. The van der Waals surface area contributed by atoms with E-state index in [4.69, 9.17) is 9.47 Å². The summed E-state index contributed by atoms with van der Waals surface area (Å²) in [6, 6.07) is 0. The number of ether oxygens (including phenoxy) is 2. The van der Waals surface area contributed by atoms with Crippen LogP contribution < -0.4 is 0 Å². The summed E-state index contributed by atoms with van der Waals surface area (Å²) >= 11 is 0. The Hall–Kier alpha value is -0.160. The molecule has 0 saturated carbocycles. The Morgan fingerprint density at radius 2 is 2.09 bits per heavy atom. The Morgan fingerprint density at radius 3 is 2.27 bits per heavy atom. The van der Waals surface area contributed by atoms with E-state index in [0.29, 0.717) is 0 Å². The zero-order chi connectivity index (χ0) is 8.65. The summed E-state index contributed by atoms with van der Waals surface area (Å²) in [5, 5.41) is 19.0. The number of methoxy groups -OCH3 is 1. The van der Waals surface area contributed by atoms with Crippen LogP contribution in [0.3, 0.4) is 0 Å². The van der Waals surface area contributed by atoms with Crippen molar-refractivity contribution in [1.29, 1.82) is 0 Å². The second kappa shape index (κ2) is 2.71. The van der Waals surface area contributed by atoms with Crippen molar-refractivity contribution in [3.05, 3.63) is 0 Å². The average Bonchev–Trinajstić information content (AvgIpc) is 2.13. The summed E-state index contributed by atoms with van der Waals surface area (Å²) in [7, 11) is 1.43. The van der Waals surface area contributed by atoms with Crippen molar-refractivity contribution in [2.45, 2.75) is 37.9 Å². The molecule has 66 valence electrons. The van der Waals surface area contributed by atoms with Gasteiger partial charge in [0.15, 0.2) is 6.29 Å². The Morgan fingerprint density at radius 1 is 1.55 bits per heavy atom. The first-order valence-corrected chi connectivity index (χ1v) is 3.59. The van der Waals surface area contributed by atoms with Gasteiger partial charge in [-0.25, -0.2) is 0 Å². The van der Waals surface area contributed by atoms with Gasteiger partial charge in [-0.3, -0.25) is 0 Å². The summed E-state index contributed by atoms with van der Waals surface area (Å²) in [4.78, 5) is 0. The molecule has 0 aromatic rings. The maximum atomic E-state index is 9.59. The highest BCUT2D eigenvalue weighted by molar-refractivity contribution is 4.95. The van der Waals surface area contributed by atoms with Gasteiger partial charge in [0.25, 0.3) is 0 Å². The number of rotatable bonds is 1. The van der Waals surface area contributed by atoms with Gasteiger partial charge >= 0.3 is 0 Å². The Labute approximate surface area is 65.7 Å². The molecule has 4 nitrogen and oxygen atoms in total. The van der Waals surface area contributed by atoms with Crippen LogP contribution in [0.4, 0.5) is 0 Å². The minimum atomic E-state index is -1.30. The molecule has 1 aliphatic rings. The molecule has 0 aliphatic carbocycles. The van der Waals surface area contributed by atoms with Crippen molar-refractivity contribution in [3.63, 3.8) is 0 Å². The smallest absolute Gasteiger partial charge is 0.188 e. The summed E-state index contributed by atoms with van der Waals surface area (Å²) in [6.07, 6.45) is -1.99. The monoisotopic (exact) mass is 162 g/mol. The lowest BCUT2D eigenvalue weighted by molar-refractivity contribution is -0.184. The van der Waals surface area contributed by atoms with E-state index in [1.807, 2.05) is 0 Å². The lowest BCUT2D eigenvalue weighted by atomic mass is 9.98. The van der Waals surface area contributed by atoms with Crippen LogP contribution in [0.25, 0.3) is 0 Å². The number of hydrogen-bond acceptors (Lipinski definition) is 4. The molecule has 1 aliphatic heterocycles. The van der Waals surface area contributed by atoms with Crippen LogP contribution in [0.15, 0.2) is 0 Å². The van der Waals surface area contributed by atoms with Crippen molar-refractivity contribution >= 4 is 0 Å². The van der Waals surface area contributed by atoms with Crippen LogP contribution in [0.5, 0.6) is 0 Å². The summed E-state index contributed by atoms with van der Waals surface area (Å²) < 4.78 is 9.95. The van der Waals surface area contributed by atoms with Crippen LogP contribution in [0.1, 0.15) is 13.8 Å². The number of aliphatic hydroxyl groups excluding tert-OH is 1. The number of aliphatic hydroxyl groups is 2. The van der Waals surface area contributed by atoms with E-state index in [1.165, 1.54) is 14.0 Å². The largest absolute Gasteiger partial charge is 0.387 e. The first-order chi connectivity index (χ1) is 5.00. The van der Waals surface area contributed by atoms with Crippen LogP contribution in [0, 0.1) is 0 Å². The molecule has 1 rings (SSSR count). The Kier molecular flexibility index (Phi) is 2.20. The average molecular weight is 162 g/mol. The molecule has 0 amide bonds. The molecule has 11 heavy (non-hydrogen) atoms. The second-order valence-electron chi connectivity index (χ2n) is 3.08. The van der Waals surface area contributed by atoms with Gasteiger partial charge in [0.1, 0.15) is 11.7 Å². The van der Waals surface area contributed by atoms with Crippen molar-refractivity contribution in [2.24, 2.45) is 0 Å². The summed E-state index contributed by atoms with van der Waals surface area (Å²) in [5.41, 5.74) is -1.30. The quantitative estimate of drug-likeness (QED) is 0.545. The minimum Gasteiger partial charge on any atom is -0.387 e. The third-order valence-corrected chi connectivity index (χ3v) is 2.07. The zero-order valence-electron chi connectivity index (χ0n) is 6.94. The molecule has 0 radical (unpaired) electrons. The third kappa shape index (κ3) is 1.27. The molecular weight excluding hydrogens is 148 g/mol. The molecular formula is C7H14O4. The lowest BCUT2D eigenvalue weighted by Gasteiger charge is -2.24. The summed E-state index contributed by atoms with van der Waals surface area (Å²) in [6.45, 7) is 3.19. The molecule has 0 bridgehead atoms. The van der Waals surface area contributed by atoms with E-state index in [0.717, 1.165) is 0 Å². The Bertz CT molecular complexity index is 145. The van der Waals surface area contributed by atoms with Gasteiger partial charge in [-0.1, -0.05) is 0 Å². The van der Waals surface area contributed by atoms with Gasteiger partial charge in [-0.15, -0.1) is 0 Å². The molecule has 1 saturated heterocycles. The van der Waals surface area contributed by atoms with Crippen LogP contribution in [-0.2, 0) is 9.47 Å².